The Morgan fingerprint density at radius 2 is 2.00 bits per heavy atom. The Morgan fingerprint density at radius 3 is 2.67 bits per heavy atom. The molecule has 1 atom stereocenters. The molecule has 6 heteroatoms. The first-order chi connectivity index (χ1) is 10.3. The maximum atomic E-state index is 4.45. The number of aromatic nitrogens is 3. The normalized spacial score (nSPS) is 12.4. The van der Waals surface area contributed by atoms with Crippen molar-refractivity contribution in [1.29, 1.82) is 0 Å². The quantitative estimate of drug-likeness (QED) is 0.757. The SMILES string of the molecule is Cc1ncc(CN[C@H](Cc2ccsc2)c2nccs2)cn1. The van der Waals surface area contributed by atoms with Crippen LogP contribution >= 0.6 is 22.7 Å². The first-order valence-electron chi connectivity index (χ1n) is 6.72. The summed E-state index contributed by atoms with van der Waals surface area (Å²) in [4.78, 5) is 12.9. The molecule has 0 spiro atoms. The zero-order chi connectivity index (χ0) is 14.5. The molecule has 0 aromatic carbocycles. The lowest BCUT2D eigenvalue weighted by atomic mass is 10.1. The molecule has 4 nitrogen and oxygen atoms in total. The van der Waals surface area contributed by atoms with Gasteiger partial charge in [0.05, 0.1) is 6.04 Å². The van der Waals surface area contributed by atoms with Crippen LogP contribution in [0.15, 0.2) is 40.8 Å². The highest BCUT2D eigenvalue weighted by Crippen LogP contribution is 2.22. The average molecular weight is 316 g/mol. The van der Waals surface area contributed by atoms with Crippen LogP contribution in [-0.2, 0) is 13.0 Å². The molecule has 0 amide bonds. The van der Waals surface area contributed by atoms with Crippen LogP contribution in [-0.4, -0.2) is 15.0 Å². The summed E-state index contributed by atoms with van der Waals surface area (Å²) in [7, 11) is 0. The predicted octanol–water partition coefficient (Wildman–Crippen LogP) is 3.38. The first kappa shape index (κ1) is 14.3. The van der Waals surface area contributed by atoms with E-state index in [0.717, 1.165) is 29.4 Å². The smallest absolute Gasteiger partial charge is 0.125 e. The van der Waals surface area contributed by atoms with Gasteiger partial charge >= 0.3 is 0 Å². The fraction of sp³-hybridized carbons (Fsp3) is 0.267. The van der Waals surface area contributed by atoms with Crippen LogP contribution in [0.3, 0.4) is 0 Å². The molecule has 0 saturated carbocycles. The Kier molecular flexibility index (Phi) is 4.69. The van der Waals surface area contributed by atoms with Gasteiger partial charge in [-0.1, -0.05) is 0 Å². The summed E-state index contributed by atoms with van der Waals surface area (Å²) in [6.07, 6.45) is 6.55. The molecule has 0 aliphatic heterocycles. The number of thiophene rings is 1. The van der Waals surface area contributed by atoms with Crippen molar-refractivity contribution < 1.29 is 0 Å². The van der Waals surface area contributed by atoms with Crippen molar-refractivity contribution in [2.75, 3.05) is 0 Å². The van der Waals surface area contributed by atoms with Crippen LogP contribution < -0.4 is 5.32 Å². The molecule has 0 unspecified atom stereocenters. The van der Waals surface area contributed by atoms with Gasteiger partial charge in [-0.2, -0.15) is 11.3 Å². The molecule has 0 aliphatic rings. The minimum absolute atomic E-state index is 0.223. The van der Waals surface area contributed by atoms with Gasteiger partial charge in [0.2, 0.25) is 0 Å². The third-order valence-corrected chi connectivity index (χ3v) is 4.78. The van der Waals surface area contributed by atoms with Crippen LogP contribution in [0, 0.1) is 6.92 Å². The van der Waals surface area contributed by atoms with Crippen molar-refractivity contribution in [3.63, 3.8) is 0 Å². The lowest BCUT2D eigenvalue weighted by molar-refractivity contribution is 0.527. The lowest BCUT2D eigenvalue weighted by Crippen LogP contribution is -2.23. The van der Waals surface area contributed by atoms with E-state index in [1.807, 2.05) is 30.9 Å². The van der Waals surface area contributed by atoms with E-state index < -0.39 is 0 Å². The summed E-state index contributed by atoms with van der Waals surface area (Å²) in [5, 5.41) is 11.0. The van der Waals surface area contributed by atoms with Crippen LogP contribution in [0.2, 0.25) is 0 Å². The maximum absolute atomic E-state index is 4.45. The number of nitrogens with one attached hydrogen (secondary N) is 1. The van der Waals surface area contributed by atoms with Gasteiger partial charge in [-0.15, -0.1) is 11.3 Å². The van der Waals surface area contributed by atoms with E-state index in [2.05, 4.69) is 37.1 Å². The van der Waals surface area contributed by atoms with E-state index in [1.54, 1.807) is 22.7 Å². The van der Waals surface area contributed by atoms with Gasteiger partial charge in [0.15, 0.2) is 0 Å². The van der Waals surface area contributed by atoms with E-state index in [-0.39, 0.29) is 6.04 Å². The minimum atomic E-state index is 0.223. The summed E-state index contributed by atoms with van der Waals surface area (Å²) in [6.45, 7) is 2.64. The molecule has 3 aromatic heterocycles. The minimum Gasteiger partial charge on any atom is -0.303 e. The molecule has 1 N–H and O–H groups in total. The Morgan fingerprint density at radius 1 is 1.14 bits per heavy atom. The van der Waals surface area contributed by atoms with Crippen LogP contribution in [0.4, 0.5) is 0 Å². The van der Waals surface area contributed by atoms with Crippen LogP contribution in [0.1, 0.15) is 28.0 Å². The first-order valence-corrected chi connectivity index (χ1v) is 8.55. The van der Waals surface area contributed by atoms with Gasteiger partial charge < -0.3 is 5.32 Å². The standard InChI is InChI=1S/C15H16N4S2/c1-11-17-7-13(8-18-11)9-19-14(15-16-3-5-21-15)6-12-2-4-20-10-12/h2-5,7-8,10,14,19H,6,9H2,1H3/t14-/m1/s1. The zero-order valence-corrected chi connectivity index (χ0v) is 13.3. The van der Waals surface area contributed by atoms with E-state index in [4.69, 9.17) is 0 Å². The average Bonchev–Trinajstić information content (AvgIpc) is 3.18. The Bertz CT molecular complexity index is 648. The topological polar surface area (TPSA) is 50.7 Å². The van der Waals surface area contributed by atoms with Gasteiger partial charge in [0.25, 0.3) is 0 Å². The molecule has 3 rings (SSSR count). The summed E-state index contributed by atoms with van der Waals surface area (Å²) in [6, 6.07) is 2.39. The van der Waals surface area contributed by atoms with Crippen molar-refractivity contribution in [2.45, 2.75) is 25.9 Å². The van der Waals surface area contributed by atoms with E-state index in [0.29, 0.717) is 0 Å². The molecule has 0 saturated heterocycles. The summed E-state index contributed by atoms with van der Waals surface area (Å²) < 4.78 is 0. The van der Waals surface area contributed by atoms with Crippen molar-refractivity contribution >= 4 is 22.7 Å². The number of nitrogens with zero attached hydrogens (tertiary/aromatic N) is 3. The molecule has 0 bridgehead atoms. The molecule has 3 aromatic rings. The maximum Gasteiger partial charge on any atom is 0.125 e. The summed E-state index contributed by atoms with van der Waals surface area (Å²) in [5.41, 5.74) is 2.43. The molecule has 108 valence electrons. The predicted molar refractivity (Wildman–Crippen MR) is 86.5 cm³/mol. The number of hydrogen-bond acceptors (Lipinski definition) is 6. The van der Waals surface area contributed by atoms with Gasteiger partial charge in [-0.25, -0.2) is 15.0 Å². The number of thiazole rings is 1. The van der Waals surface area contributed by atoms with Crippen molar-refractivity contribution in [2.24, 2.45) is 0 Å². The van der Waals surface area contributed by atoms with Gasteiger partial charge in [-0.05, 0) is 35.7 Å². The molecule has 21 heavy (non-hydrogen) atoms. The second-order valence-electron chi connectivity index (χ2n) is 4.78. The second-order valence-corrected chi connectivity index (χ2v) is 6.48. The van der Waals surface area contributed by atoms with Gasteiger partial charge in [-0.3, -0.25) is 0 Å². The van der Waals surface area contributed by atoms with Crippen molar-refractivity contribution in [1.82, 2.24) is 20.3 Å². The molecule has 0 aliphatic carbocycles. The molecule has 0 radical (unpaired) electrons. The Hall–Kier alpha value is -1.63. The lowest BCUT2D eigenvalue weighted by Gasteiger charge is -2.16. The molecular formula is C15H16N4S2. The van der Waals surface area contributed by atoms with Crippen LogP contribution in [0.25, 0.3) is 0 Å². The van der Waals surface area contributed by atoms with E-state index in [9.17, 15) is 0 Å². The fourth-order valence-corrected chi connectivity index (χ4v) is 3.44. The summed E-state index contributed by atoms with van der Waals surface area (Å²) in [5.74, 6) is 0.800. The van der Waals surface area contributed by atoms with Gasteiger partial charge in [0, 0.05) is 36.1 Å². The third kappa shape index (κ3) is 3.93. The van der Waals surface area contributed by atoms with Gasteiger partial charge in [0.1, 0.15) is 10.8 Å². The van der Waals surface area contributed by atoms with Crippen molar-refractivity contribution in [3.8, 4) is 0 Å². The summed E-state index contributed by atoms with van der Waals surface area (Å²) >= 11 is 3.42. The number of rotatable bonds is 6. The van der Waals surface area contributed by atoms with Crippen LogP contribution in [0.5, 0.6) is 0 Å². The highest BCUT2D eigenvalue weighted by atomic mass is 32.1. The fourth-order valence-electron chi connectivity index (χ4n) is 2.05. The number of aryl methyl sites for hydroxylation is 1. The molecule has 0 fully saturated rings. The third-order valence-electron chi connectivity index (χ3n) is 3.16. The monoisotopic (exact) mass is 316 g/mol. The zero-order valence-electron chi connectivity index (χ0n) is 11.7. The largest absolute Gasteiger partial charge is 0.303 e. The highest BCUT2D eigenvalue weighted by molar-refractivity contribution is 7.09. The number of hydrogen-bond donors (Lipinski definition) is 1. The Balaban J connectivity index is 1.69. The van der Waals surface area contributed by atoms with E-state index >= 15 is 0 Å². The molecule has 3 heterocycles. The van der Waals surface area contributed by atoms with Crippen molar-refractivity contribution in [3.05, 3.63) is 62.8 Å². The molecular weight excluding hydrogens is 300 g/mol. The van der Waals surface area contributed by atoms with E-state index in [1.165, 1.54) is 5.56 Å². The second kappa shape index (κ2) is 6.89. The highest BCUT2D eigenvalue weighted by Gasteiger charge is 2.15. The Labute approximate surface area is 131 Å².